The fourth-order valence-corrected chi connectivity index (χ4v) is 5.06. The number of pyridine rings is 1. The first-order valence-electron chi connectivity index (χ1n) is 11.3. The molecule has 0 radical (unpaired) electrons. The van der Waals surface area contributed by atoms with Gasteiger partial charge in [0.1, 0.15) is 5.69 Å². The van der Waals surface area contributed by atoms with Gasteiger partial charge in [0.15, 0.2) is 11.6 Å². The number of carbonyl (C=O) groups is 3. The summed E-state index contributed by atoms with van der Waals surface area (Å²) in [5.41, 5.74) is 3.08. The van der Waals surface area contributed by atoms with Gasteiger partial charge in [0.05, 0.1) is 16.6 Å². The summed E-state index contributed by atoms with van der Waals surface area (Å²) in [6.45, 7) is 1.91. The van der Waals surface area contributed by atoms with E-state index in [-0.39, 0.29) is 28.4 Å². The zero-order valence-corrected chi connectivity index (χ0v) is 24.2. The van der Waals surface area contributed by atoms with Gasteiger partial charge in [0, 0.05) is 36.3 Å². The molecule has 0 spiro atoms. The van der Waals surface area contributed by atoms with Gasteiger partial charge in [-0.1, -0.05) is 47.8 Å². The molecule has 0 fully saturated rings. The molecule has 0 N–H and O–H groups in total. The Bertz CT molecular complexity index is 1680. The van der Waals surface area contributed by atoms with Gasteiger partial charge in [0.2, 0.25) is 5.78 Å². The van der Waals surface area contributed by atoms with Gasteiger partial charge in [-0.2, -0.15) is 0 Å². The lowest BCUT2D eigenvalue weighted by molar-refractivity contribution is 0.0991. The van der Waals surface area contributed by atoms with Gasteiger partial charge in [-0.25, -0.2) is 0 Å². The van der Waals surface area contributed by atoms with Crippen molar-refractivity contribution in [3.63, 3.8) is 0 Å². The predicted molar refractivity (Wildman–Crippen MR) is 155 cm³/mol. The van der Waals surface area contributed by atoms with Crippen LogP contribution in [0.3, 0.4) is 0 Å². The quantitative estimate of drug-likeness (QED) is 0.170. The minimum Gasteiger partial charge on any atom is -0.312 e. The highest BCUT2D eigenvalue weighted by molar-refractivity contribution is 9.11. The van der Waals surface area contributed by atoms with Crippen LogP contribution in [0.4, 0.5) is 0 Å². The molecular formula is C30H18Br3NO3. The standard InChI is InChI=1S/C30H18Br3NO3/c1-17-14-15-34-24(16-17)25(28(35)18-2-8-21(31)9-3-18)26(29(36)19-4-10-22(32)11-5-19)27(34)30(37)20-6-12-23(33)13-7-20/h2-16H,1H3. The monoisotopic (exact) mass is 677 g/mol. The Morgan fingerprint density at radius 1 is 0.568 bits per heavy atom. The fraction of sp³-hybridized carbons (Fsp3) is 0.0333. The Morgan fingerprint density at radius 3 is 1.43 bits per heavy atom. The summed E-state index contributed by atoms with van der Waals surface area (Å²) in [6.07, 6.45) is 1.74. The predicted octanol–water partition coefficient (Wildman–Crippen LogP) is 8.23. The van der Waals surface area contributed by atoms with Crippen molar-refractivity contribution >= 4 is 70.7 Å². The molecule has 0 aliphatic rings. The van der Waals surface area contributed by atoms with Crippen molar-refractivity contribution < 1.29 is 14.4 Å². The number of aromatic nitrogens is 1. The number of aryl methyl sites for hydroxylation is 1. The Morgan fingerprint density at radius 2 is 0.973 bits per heavy atom. The third-order valence-electron chi connectivity index (χ3n) is 6.08. The molecule has 0 aliphatic heterocycles. The third kappa shape index (κ3) is 4.91. The molecule has 0 bridgehead atoms. The SMILES string of the molecule is Cc1ccn2c(C(=O)c3ccc(Br)cc3)c(C(=O)c3ccc(Br)cc3)c(C(=O)c3ccc(Br)cc3)c2c1. The van der Waals surface area contributed by atoms with Crippen LogP contribution in [0.1, 0.15) is 53.5 Å². The Labute approximate surface area is 238 Å². The van der Waals surface area contributed by atoms with Crippen molar-refractivity contribution in [2.24, 2.45) is 0 Å². The van der Waals surface area contributed by atoms with E-state index in [0.29, 0.717) is 22.2 Å². The lowest BCUT2D eigenvalue weighted by atomic mass is 9.92. The summed E-state index contributed by atoms with van der Waals surface area (Å²) >= 11 is 10.2. The number of hydrogen-bond acceptors (Lipinski definition) is 3. The van der Waals surface area contributed by atoms with Crippen molar-refractivity contribution in [2.45, 2.75) is 6.92 Å². The fourth-order valence-electron chi connectivity index (χ4n) is 4.26. The largest absolute Gasteiger partial charge is 0.312 e. The molecule has 7 heteroatoms. The summed E-state index contributed by atoms with van der Waals surface area (Å²) in [5.74, 6) is -1.07. The first-order chi connectivity index (χ1) is 17.7. The molecule has 3 aromatic carbocycles. The Kier molecular flexibility index (Phi) is 7.12. The second-order valence-electron chi connectivity index (χ2n) is 8.57. The van der Waals surface area contributed by atoms with Gasteiger partial charge < -0.3 is 4.40 Å². The lowest BCUT2D eigenvalue weighted by Crippen LogP contribution is -2.15. The van der Waals surface area contributed by atoms with Crippen molar-refractivity contribution in [2.75, 3.05) is 0 Å². The highest BCUT2D eigenvalue weighted by Gasteiger charge is 2.32. The van der Waals surface area contributed by atoms with Crippen molar-refractivity contribution in [1.29, 1.82) is 0 Å². The van der Waals surface area contributed by atoms with Crippen LogP contribution >= 0.6 is 47.8 Å². The van der Waals surface area contributed by atoms with E-state index in [9.17, 15) is 14.4 Å². The van der Waals surface area contributed by atoms with E-state index < -0.39 is 5.78 Å². The maximum atomic E-state index is 14.1. The molecule has 0 saturated carbocycles. The highest BCUT2D eigenvalue weighted by Crippen LogP contribution is 2.32. The molecule has 2 heterocycles. The molecule has 37 heavy (non-hydrogen) atoms. The first-order valence-corrected chi connectivity index (χ1v) is 13.7. The number of halogens is 3. The topological polar surface area (TPSA) is 55.6 Å². The lowest BCUT2D eigenvalue weighted by Gasteiger charge is -2.08. The maximum absolute atomic E-state index is 14.1. The third-order valence-corrected chi connectivity index (χ3v) is 7.67. The number of ketones is 3. The summed E-state index contributed by atoms with van der Waals surface area (Å²) in [6, 6.07) is 24.5. The second-order valence-corrected chi connectivity index (χ2v) is 11.3. The van der Waals surface area contributed by atoms with Crippen LogP contribution < -0.4 is 0 Å². The zero-order valence-electron chi connectivity index (χ0n) is 19.5. The number of benzene rings is 3. The van der Waals surface area contributed by atoms with E-state index in [1.54, 1.807) is 83.4 Å². The molecule has 0 aliphatic carbocycles. The average Bonchev–Trinajstić information content (AvgIpc) is 3.23. The van der Waals surface area contributed by atoms with Crippen LogP contribution in [-0.4, -0.2) is 21.8 Å². The smallest absolute Gasteiger partial charge is 0.210 e. The van der Waals surface area contributed by atoms with Gasteiger partial charge in [-0.05, 0) is 97.4 Å². The van der Waals surface area contributed by atoms with Gasteiger partial charge in [-0.3, -0.25) is 14.4 Å². The molecule has 2 aromatic heterocycles. The molecule has 0 amide bonds. The number of rotatable bonds is 6. The summed E-state index contributed by atoms with van der Waals surface area (Å²) in [7, 11) is 0. The molecule has 0 unspecified atom stereocenters. The van der Waals surface area contributed by atoms with Crippen LogP contribution in [0.5, 0.6) is 0 Å². The van der Waals surface area contributed by atoms with E-state index in [0.717, 1.165) is 19.0 Å². The van der Waals surface area contributed by atoms with E-state index in [1.165, 1.54) is 0 Å². The highest BCUT2D eigenvalue weighted by atomic mass is 79.9. The van der Waals surface area contributed by atoms with Gasteiger partial charge in [-0.15, -0.1) is 0 Å². The molecule has 5 aromatic rings. The van der Waals surface area contributed by atoms with E-state index in [2.05, 4.69) is 47.8 Å². The average molecular weight is 680 g/mol. The summed E-state index contributed by atoms with van der Waals surface area (Å²) in [5, 5.41) is 0. The summed E-state index contributed by atoms with van der Waals surface area (Å²) < 4.78 is 4.14. The van der Waals surface area contributed by atoms with Crippen molar-refractivity contribution in [3.05, 3.63) is 144 Å². The van der Waals surface area contributed by atoms with E-state index >= 15 is 0 Å². The minimum absolute atomic E-state index is 0.0914. The normalized spacial score (nSPS) is 11.0. The number of carbonyl (C=O) groups excluding carboxylic acids is 3. The second kappa shape index (κ2) is 10.3. The van der Waals surface area contributed by atoms with Crippen molar-refractivity contribution in [1.82, 2.24) is 4.40 Å². The van der Waals surface area contributed by atoms with Crippen LogP contribution in [0, 0.1) is 6.92 Å². The Hall–Kier alpha value is -3.13. The molecule has 4 nitrogen and oxygen atoms in total. The van der Waals surface area contributed by atoms with Crippen LogP contribution in [0.25, 0.3) is 5.52 Å². The van der Waals surface area contributed by atoms with E-state index in [4.69, 9.17) is 0 Å². The van der Waals surface area contributed by atoms with Crippen molar-refractivity contribution in [3.8, 4) is 0 Å². The first kappa shape index (κ1) is 25.5. The molecule has 0 saturated heterocycles. The van der Waals surface area contributed by atoms with Crippen LogP contribution in [0.15, 0.2) is 105 Å². The van der Waals surface area contributed by atoms with Gasteiger partial charge >= 0.3 is 0 Å². The Balaban J connectivity index is 1.84. The van der Waals surface area contributed by atoms with E-state index in [1.807, 2.05) is 19.1 Å². The zero-order chi connectivity index (χ0) is 26.3. The maximum Gasteiger partial charge on any atom is 0.210 e. The molecule has 5 rings (SSSR count). The molecule has 0 atom stereocenters. The molecular weight excluding hydrogens is 662 g/mol. The summed E-state index contributed by atoms with van der Waals surface area (Å²) in [4.78, 5) is 42.1. The van der Waals surface area contributed by atoms with Crippen LogP contribution in [-0.2, 0) is 0 Å². The number of hydrogen-bond donors (Lipinski definition) is 0. The number of nitrogens with zero attached hydrogens (tertiary/aromatic N) is 1. The molecule has 182 valence electrons. The number of fused-ring (bicyclic) bond motifs is 1. The van der Waals surface area contributed by atoms with Crippen LogP contribution in [0.2, 0.25) is 0 Å². The minimum atomic E-state index is -0.394. The van der Waals surface area contributed by atoms with Gasteiger partial charge in [0.25, 0.3) is 0 Å².